The Morgan fingerprint density at radius 3 is 2.24 bits per heavy atom. The van der Waals surface area contributed by atoms with E-state index in [0.29, 0.717) is 35.7 Å². The number of aromatic hydroxyl groups is 1. The summed E-state index contributed by atoms with van der Waals surface area (Å²) >= 11 is 6.44. The van der Waals surface area contributed by atoms with E-state index in [-0.39, 0.29) is 17.6 Å². The Hall–Kier alpha value is -3.26. The summed E-state index contributed by atoms with van der Waals surface area (Å²) in [6, 6.07) is 9.60. The monoisotopic (exact) mass is 587 g/mol. The number of hydrogen-bond acceptors (Lipinski definition) is 5. The first-order valence-corrected chi connectivity index (χ1v) is 14.8. The largest absolute Gasteiger partial charge is 0.508 e. The van der Waals surface area contributed by atoms with Crippen molar-refractivity contribution < 1.29 is 24.2 Å². The van der Waals surface area contributed by atoms with Crippen molar-refractivity contribution in [3.05, 3.63) is 58.6 Å². The van der Waals surface area contributed by atoms with Crippen molar-refractivity contribution in [2.45, 2.75) is 98.3 Å². The minimum Gasteiger partial charge on any atom is -0.508 e. The number of halogens is 1. The number of rotatable bonds is 13. The lowest BCUT2D eigenvalue weighted by atomic mass is 9.95. The van der Waals surface area contributed by atoms with Gasteiger partial charge in [-0.3, -0.25) is 9.59 Å². The highest BCUT2D eigenvalue weighted by atomic mass is 35.5. The molecular weight excluding hydrogens is 542 g/mol. The Morgan fingerprint density at radius 1 is 1.02 bits per heavy atom. The van der Waals surface area contributed by atoms with Crippen molar-refractivity contribution in [2.24, 2.45) is 5.92 Å². The summed E-state index contributed by atoms with van der Waals surface area (Å²) < 4.78 is 5.47. The van der Waals surface area contributed by atoms with Gasteiger partial charge in [0, 0.05) is 6.54 Å². The van der Waals surface area contributed by atoms with Crippen molar-refractivity contribution >= 4 is 35.2 Å². The van der Waals surface area contributed by atoms with Gasteiger partial charge in [0.2, 0.25) is 5.91 Å². The maximum atomic E-state index is 14.4. The molecule has 3 unspecified atom stereocenters. The number of benzene rings is 2. The fourth-order valence-electron chi connectivity index (χ4n) is 4.48. The van der Waals surface area contributed by atoms with E-state index in [0.717, 1.165) is 24.8 Å². The molecule has 2 rings (SSSR count). The number of unbranched alkanes of at least 4 members (excludes halogenated alkanes) is 3. The number of anilines is 1. The number of alkyl carbamates (subject to hydrolysis) is 1. The molecule has 0 aliphatic carbocycles. The van der Waals surface area contributed by atoms with Gasteiger partial charge in [0.05, 0.1) is 10.7 Å². The zero-order chi connectivity index (χ0) is 30.7. The van der Waals surface area contributed by atoms with E-state index in [9.17, 15) is 19.5 Å². The molecule has 2 aromatic carbocycles. The van der Waals surface area contributed by atoms with Crippen LogP contribution in [0, 0.1) is 12.8 Å². The summed E-state index contributed by atoms with van der Waals surface area (Å²) in [6.45, 7) is 13.3. The molecule has 3 N–H and O–H groups in total. The summed E-state index contributed by atoms with van der Waals surface area (Å²) in [5, 5.41) is 16.1. The number of ether oxygens (including phenoxy) is 1. The van der Waals surface area contributed by atoms with E-state index >= 15 is 0 Å². The van der Waals surface area contributed by atoms with Gasteiger partial charge >= 0.3 is 6.09 Å². The van der Waals surface area contributed by atoms with Crippen LogP contribution in [-0.4, -0.2) is 46.1 Å². The highest BCUT2D eigenvalue weighted by Crippen LogP contribution is 2.31. The first kappa shape index (κ1) is 33.9. The van der Waals surface area contributed by atoms with E-state index in [1.165, 1.54) is 17.0 Å². The molecule has 226 valence electrons. The Morgan fingerprint density at radius 2 is 1.68 bits per heavy atom. The summed E-state index contributed by atoms with van der Waals surface area (Å²) in [5.41, 5.74) is 1.02. The predicted octanol–water partition coefficient (Wildman–Crippen LogP) is 7.38. The van der Waals surface area contributed by atoms with Crippen molar-refractivity contribution in [3.63, 3.8) is 0 Å². The zero-order valence-electron chi connectivity index (χ0n) is 25.4. The first-order chi connectivity index (χ1) is 19.3. The van der Waals surface area contributed by atoms with Crippen LogP contribution in [0.1, 0.15) is 90.8 Å². The number of para-hydroxylation sites is 1. The number of nitrogens with zero attached hydrogens (tertiary/aromatic N) is 1. The summed E-state index contributed by atoms with van der Waals surface area (Å²) in [5.74, 6) is -1.02. The molecule has 3 amide bonds. The second kappa shape index (κ2) is 15.7. The van der Waals surface area contributed by atoms with Crippen LogP contribution in [0.25, 0.3) is 0 Å². The van der Waals surface area contributed by atoms with Crippen LogP contribution in [0.2, 0.25) is 5.02 Å². The number of phenols is 1. The minimum atomic E-state index is -1.05. The molecule has 3 atom stereocenters. The molecular formula is C32H46ClN3O5. The Balaban J connectivity index is 2.59. The summed E-state index contributed by atoms with van der Waals surface area (Å²) in [4.78, 5) is 42.8. The quantitative estimate of drug-likeness (QED) is 0.212. The van der Waals surface area contributed by atoms with Gasteiger partial charge in [-0.2, -0.15) is 0 Å². The van der Waals surface area contributed by atoms with Crippen molar-refractivity contribution in [1.82, 2.24) is 10.2 Å². The van der Waals surface area contributed by atoms with Crippen LogP contribution in [0.5, 0.6) is 5.75 Å². The van der Waals surface area contributed by atoms with Gasteiger partial charge in [-0.05, 0) is 69.4 Å². The van der Waals surface area contributed by atoms with Gasteiger partial charge in [0.15, 0.2) is 0 Å². The lowest BCUT2D eigenvalue weighted by molar-refractivity contribution is -0.142. The molecule has 0 radical (unpaired) electrons. The van der Waals surface area contributed by atoms with E-state index in [2.05, 4.69) is 17.6 Å². The second-order valence-electron chi connectivity index (χ2n) is 11.5. The van der Waals surface area contributed by atoms with Gasteiger partial charge in [-0.25, -0.2) is 4.79 Å². The van der Waals surface area contributed by atoms with E-state index in [1.807, 2.05) is 26.8 Å². The third-order valence-electron chi connectivity index (χ3n) is 6.93. The summed E-state index contributed by atoms with van der Waals surface area (Å²) in [6.07, 6.45) is 3.47. The number of hydrogen-bond donors (Lipinski definition) is 3. The standard InChI is InChI=1S/C32H46ClN3O5/c1-8-10-11-12-20-36(30(39)27(21(3)9-2)35-31(40)41-32(5,6)7)28(23-16-18-24(37)19-17-23)29(38)34-26-22(4)14-13-15-25(26)33/h13-19,21,27-28,37H,8-12,20H2,1-7H3,(H,34,38)(H,35,40). The topological polar surface area (TPSA) is 108 Å². The normalized spacial score (nSPS) is 13.6. The molecule has 0 aromatic heterocycles. The van der Waals surface area contributed by atoms with Crippen molar-refractivity contribution in [3.8, 4) is 5.75 Å². The maximum absolute atomic E-state index is 14.4. The third kappa shape index (κ3) is 10.3. The van der Waals surface area contributed by atoms with Crippen LogP contribution in [0.4, 0.5) is 10.5 Å². The smallest absolute Gasteiger partial charge is 0.408 e. The summed E-state index contributed by atoms with van der Waals surface area (Å²) in [7, 11) is 0. The molecule has 2 aromatic rings. The molecule has 0 saturated heterocycles. The number of amides is 3. The maximum Gasteiger partial charge on any atom is 0.408 e. The lowest BCUT2D eigenvalue weighted by Crippen LogP contribution is -2.55. The molecule has 8 nitrogen and oxygen atoms in total. The SMILES string of the molecule is CCCCCCN(C(=O)C(NC(=O)OC(C)(C)C)C(C)CC)C(C(=O)Nc1c(C)cccc1Cl)c1ccc(O)cc1. The van der Waals surface area contributed by atoms with Gasteiger partial charge in [0.1, 0.15) is 23.4 Å². The van der Waals surface area contributed by atoms with Gasteiger partial charge < -0.3 is 25.4 Å². The lowest BCUT2D eigenvalue weighted by Gasteiger charge is -2.36. The molecule has 0 aliphatic heterocycles. The number of aryl methyl sites for hydroxylation is 1. The fourth-order valence-corrected chi connectivity index (χ4v) is 4.75. The number of carbonyl (C=O) groups is 3. The van der Waals surface area contributed by atoms with E-state index in [4.69, 9.17) is 16.3 Å². The molecule has 0 heterocycles. The van der Waals surface area contributed by atoms with E-state index in [1.54, 1.807) is 45.0 Å². The zero-order valence-corrected chi connectivity index (χ0v) is 26.2. The Labute approximate surface area is 249 Å². The number of carbonyl (C=O) groups excluding carboxylic acids is 3. The minimum absolute atomic E-state index is 0.0414. The average Bonchev–Trinajstić information content (AvgIpc) is 2.90. The fraction of sp³-hybridized carbons (Fsp3) is 0.531. The molecule has 0 spiro atoms. The predicted molar refractivity (Wildman–Crippen MR) is 164 cm³/mol. The Bertz CT molecular complexity index is 1140. The van der Waals surface area contributed by atoms with Crippen LogP contribution < -0.4 is 10.6 Å². The van der Waals surface area contributed by atoms with Crippen LogP contribution in [-0.2, 0) is 14.3 Å². The molecule has 41 heavy (non-hydrogen) atoms. The van der Waals surface area contributed by atoms with Crippen LogP contribution in [0.15, 0.2) is 42.5 Å². The second-order valence-corrected chi connectivity index (χ2v) is 11.9. The highest BCUT2D eigenvalue weighted by Gasteiger charge is 2.38. The van der Waals surface area contributed by atoms with Crippen LogP contribution in [0.3, 0.4) is 0 Å². The number of phenolic OH excluding ortho intramolecular Hbond substituents is 1. The first-order valence-electron chi connectivity index (χ1n) is 14.4. The van der Waals surface area contributed by atoms with Gasteiger partial charge in [0.25, 0.3) is 5.91 Å². The molecule has 0 saturated carbocycles. The molecule has 0 bridgehead atoms. The van der Waals surface area contributed by atoms with Crippen molar-refractivity contribution in [1.29, 1.82) is 0 Å². The molecule has 0 aliphatic rings. The van der Waals surface area contributed by atoms with Crippen LogP contribution >= 0.6 is 11.6 Å². The van der Waals surface area contributed by atoms with Crippen molar-refractivity contribution in [2.75, 3.05) is 11.9 Å². The molecule has 0 fully saturated rings. The third-order valence-corrected chi connectivity index (χ3v) is 7.24. The average molecular weight is 588 g/mol. The Kier molecular flexibility index (Phi) is 13.0. The molecule has 9 heteroatoms. The van der Waals surface area contributed by atoms with E-state index < -0.39 is 29.7 Å². The number of nitrogens with one attached hydrogen (secondary N) is 2. The van der Waals surface area contributed by atoms with Gasteiger partial charge in [-0.15, -0.1) is 0 Å². The van der Waals surface area contributed by atoms with Gasteiger partial charge in [-0.1, -0.05) is 82.3 Å². The highest BCUT2D eigenvalue weighted by molar-refractivity contribution is 6.34.